The molecule has 3 aromatic rings. The number of carbonyl (C=O) groups is 1. The summed E-state index contributed by atoms with van der Waals surface area (Å²) >= 11 is 0. The Labute approximate surface area is 209 Å². The number of anilines is 4. The number of pyridine rings is 2. The maximum atomic E-state index is 12.5. The number of aromatic nitrogens is 4. The van der Waals surface area contributed by atoms with Crippen LogP contribution < -0.4 is 20.3 Å². The molecule has 0 aromatic carbocycles. The van der Waals surface area contributed by atoms with E-state index < -0.39 is 18.7 Å². The molecule has 2 aliphatic rings. The van der Waals surface area contributed by atoms with E-state index in [0.29, 0.717) is 11.4 Å². The van der Waals surface area contributed by atoms with E-state index in [1.807, 2.05) is 6.07 Å². The number of hydrogen-bond donors (Lipinski definition) is 3. The molecule has 3 aromatic heterocycles. The molecule has 1 amide bonds. The first kappa shape index (κ1) is 24.7. The molecule has 1 spiro atoms. The molecule has 1 saturated carbocycles. The van der Waals surface area contributed by atoms with Gasteiger partial charge in [0.2, 0.25) is 5.88 Å². The van der Waals surface area contributed by atoms with Gasteiger partial charge in [0, 0.05) is 19.2 Å². The number of carbonyl (C=O) groups excluding carboxylic acids is 1. The zero-order valence-electron chi connectivity index (χ0n) is 19.5. The molecule has 14 heteroatoms. The van der Waals surface area contributed by atoms with E-state index in [0.717, 1.165) is 44.6 Å². The van der Waals surface area contributed by atoms with Crippen LogP contribution >= 0.6 is 0 Å². The molecule has 1 aliphatic carbocycles. The van der Waals surface area contributed by atoms with Gasteiger partial charge < -0.3 is 29.8 Å². The van der Waals surface area contributed by atoms with Crippen molar-refractivity contribution in [2.75, 3.05) is 35.2 Å². The summed E-state index contributed by atoms with van der Waals surface area (Å²) < 4.78 is 46.5. The van der Waals surface area contributed by atoms with Gasteiger partial charge in [-0.2, -0.15) is 13.2 Å². The van der Waals surface area contributed by atoms with Gasteiger partial charge in [0.05, 0.1) is 29.9 Å². The van der Waals surface area contributed by atoms with Crippen LogP contribution in [0.2, 0.25) is 0 Å². The summed E-state index contributed by atoms with van der Waals surface area (Å²) in [5, 5.41) is 22.4. The molecule has 0 radical (unpaired) electrons. The lowest BCUT2D eigenvalue weighted by molar-refractivity contribution is -0.154. The lowest BCUT2D eigenvalue weighted by Crippen LogP contribution is -2.49. The van der Waals surface area contributed by atoms with E-state index in [4.69, 9.17) is 4.42 Å². The molecule has 0 bridgehead atoms. The van der Waals surface area contributed by atoms with Gasteiger partial charge in [-0.25, -0.2) is 9.97 Å². The maximum Gasteiger partial charge on any atom is 0.422 e. The van der Waals surface area contributed by atoms with E-state index in [1.165, 1.54) is 18.3 Å². The van der Waals surface area contributed by atoms with Crippen LogP contribution in [0.4, 0.5) is 36.4 Å². The Bertz CT molecular complexity index is 1220. The molecule has 3 N–H and O–H groups in total. The zero-order chi connectivity index (χ0) is 26.0. The standard InChI is InChI=1S/C23H24F3N7O4/c24-23(25,26)13-36-18-4-2-15(12-28-18)30-21-32-31-20(37-21)19(35)29-14-1-3-17(27-11-14)33-7-5-22(6-8-33)9-16(34)10-22/h1-4,11-12,16,34H,5-10,13H2,(H,29,35)(H,30,32). The number of hydrogen-bond acceptors (Lipinski definition) is 10. The van der Waals surface area contributed by atoms with Gasteiger partial charge in [0.25, 0.3) is 0 Å². The fourth-order valence-electron chi connectivity index (χ4n) is 4.57. The number of piperidine rings is 1. The Balaban J connectivity index is 1.11. The van der Waals surface area contributed by atoms with Crippen LogP contribution in [0.1, 0.15) is 36.4 Å². The number of nitrogens with one attached hydrogen (secondary N) is 2. The summed E-state index contributed by atoms with van der Waals surface area (Å²) in [6, 6.07) is 6.12. The Morgan fingerprint density at radius 2 is 1.84 bits per heavy atom. The van der Waals surface area contributed by atoms with Crippen molar-refractivity contribution in [2.45, 2.75) is 38.0 Å². The predicted molar refractivity (Wildman–Crippen MR) is 125 cm³/mol. The highest BCUT2D eigenvalue weighted by atomic mass is 19.4. The number of ether oxygens (including phenoxy) is 1. The highest BCUT2D eigenvalue weighted by Gasteiger charge is 2.45. The summed E-state index contributed by atoms with van der Waals surface area (Å²) in [5.41, 5.74) is 1.08. The van der Waals surface area contributed by atoms with E-state index in [2.05, 4.69) is 40.4 Å². The van der Waals surface area contributed by atoms with Crippen LogP contribution in [-0.2, 0) is 0 Å². The molecule has 0 atom stereocenters. The van der Waals surface area contributed by atoms with Gasteiger partial charge in [0.1, 0.15) is 5.82 Å². The number of amides is 1. The highest BCUT2D eigenvalue weighted by Crippen LogP contribution is 2.49. The minimum Gasteiger partial charge on any atom is -0.468 e. The van der Waals surface area contributed by atoms with Gasteiger partial charge >= 0.3 is 24.0 Å². The molecular formula is C23H24F3N7O4. The second-order valence-electron chi connectivity index (χ2n) is 9.23. The highest BCUT2D eigenvalue weighted by molar-refractivity contribution is 6.00. The molecule has 4 heterocycles. The third-order valence-electron chi connectivity index (χ3n) is 6.48. The first-order valence-corrected chi connectivity index (χ1v) is 11.6. The average molecular weight is 519 g/mol. The second kappa shape index (κ2) is 9.84. The second-order valence-corrected chi connectivity index (χ2v) is 9.23. The number of aliphatic hydroxyl groups is 1. The van der Waals surface area contributed by atoms with Crippen LogP contribution in [0.25, 0.3) is 0 Å². The minimum atomic E-state index is -4.46. The Kier molecular flexibility index (Phi) is 6.58. The quantitative estimate of drug-likeness (QED) is 0.425. The normalized spacial score (nSPS) is 17.4. The van der Waals surface area contributed by atoms with Crippen molar-refractivity contribution in [3.05, 3.63) is 42.5 Å². The summed E-state index contributed by atoms with van der Waals surface area (Å²) in [7, 11) is 0. The third-order valence-corrected chi connectivity index (χ3v) is 6.48. The summed E-state index contributed by atoms with van der Waals surface area (Å²) in [6.45, 7) is 0.307. The smallest absolute Gasteiger partial charge is 0.422 e. The van der Waals surface area contributed by atoms with E-state index in [1.54, 1.807) is 12.3 Å². The monoisotopic (exact) mass is 519 g/mol. The molecule has 2 fully saturated rings. The van der Waals surface area contributed by atoms with Crippen molar-refractivity contribution in [2.24, 2.45) is 5.41 Å². The number of alkyl halides is 3. The van der Waals surface area contributed by atoms with Crippen LogP contribution in [-0.4, -0.2) is 63.2 Å². The van der Waals surface area contributed by atoms with Crippen molar-refractivity contribution < 1.29 is 32.2 Å². The number of aliphatic hydroxyl groups excluding tert-OH is 1. The van der Waals surface area contributed by atoms with E-state index in [-0.39, 0.29) is 29.3 Å². The Morgan fingerprint density at radius 1 is 1.11 bits per heavy atom. The Hall–Kier alpha value is -3.94. The Morgan fingerprint density at radius 3 is 2.46 bits per heavy atom. The third kappa shape index (κ3) is 6.07. The average Bonchev–Trinajstić information content (AvgIpc) is 3.32. The van der Waals surface area contributed by atoms with Crippen molar-refractivity contribution >= 4 is 29.1 Å². The fourth-order valence-corrected chi connectivity index (χ4v) is 4.57. The zero-order valence-corrected chi connectivity index (χ0v) is 19.5. The summed E-state index contributed by atoms with van der Waals surface area (Å²) in [4.78, 5) is 22.9. The van der Waals surface area contributed by atoms with Crippen LogP contribution in [0.5, 0.6) is 5.88 Å². The van der Waals surface area contributed by atoms with Gasteiger partial charge in [-0.1, -0.05) is 5.10 Å². The minimum absolute atomic E-state index is 0.105. The van der Waals surface area contributed by atoms with E-state index >= 15 is 0 Å². The molecule has 11 nitrogen and oxygen atoms in total. The van der Waals surface area contributed by atoms with Crippen LogP contribution in [0, 0.1) is 5.41 Å². The molecule has 1 aliphatic heterocycles. The molecule has 196 valence electrons. The van der Waals surface area contributed by atoms with Crippen LogP contribution in [0.3, 0.4) is 0 Å². The maximum absolute atomic E-state index is 12.5. The molecule has 5 rings (SSSR count). The lowest BCUT2D eigenvalue weighted by atomic mass is 9.61. The van der Waals surface area contributed by atoms with Gasteiger partial charge in [-0.05, 0) is 49.3 Å². The van der Waals surface area contributed by atoms with Gasteiger partial charge in [-0.15, -0.1) is 5.10 Å². The largest absolute Gasteiger partial charge is 0.468 e. The first-order chi connectivity index (χ1) is 17.7. The lowest BCUT2D eigenvalue weighted by Gasteiger charge is -2.50. The van der Waals surface area contributed by atoms with Crippen molar-refractivity contribution in [1.82, 2.24) is 20.2 Å². The van der Waals surface area contributed by atoms with Gasteiger partial charge in [0.15, 0.2) is 6.61 Å². The number of halogens is 3. The number of nitrogens with zero attached hydrogens (tertiary/aromatic N) is 5. The topological polar surface area (TPSA) is 139 Å². The van der Waals surface area contributed by atoms with Crippen molar-refractivity contribution in [3.8, 4) is 5.88 Å². The summed E-state index contributed by atoms with van der Waals surface area (Å²) in [6.07, 6.45) is 1.99. The first-order valence-electron chi connectivity index (χ1n) is 11.6. The molecular weight excluding hydrogens is 495 g/mol. The van der Waals surface area contributed by atoms with Crippen molar-refractivity contribution in [3.63, 3.8) is 0 Å². The SMILES string of the molecule is O=C(Nc1ccc(N2CCC3(CC2)CC(O)C3)nc1)c1nnc(Nc2ccc(OCC(F)(F)F)nc2)o1. The number of rotatable bonds is 7. The van der Waals surface area contributed by atoms with Crippen LogP contribution in [0.15, 0.2) is 41.1 Å². The predicted octanol–water partition coefficient (Wildman–Crippen LogP) is 3.54. The molecule has 37 heavy (non-hydrogen) atoms. The summed E-state index contributed by atoms with van der Waals surface area (Å²) in [5.74, 6) is -0.308. The molecule has 0 unspecified atom stereocenters. The fraction of sp³-hybridized carbons (Fsp3) is 0.435. The molecule has 1 saturated heterocycles. The van der Waals surface area contributed by atoms with Gasteiger partial charge in [-0.3, -0.25) is 4.79 Å². The van der Waals surface area contributed by atoms with Crippen molar-refractivity contribution in [1.29, 1.82) is 0 Å². The van der Waals surface area contributed by atoms with E-state index in [9.17, 15) is 23.1 Å².